The fourth-order valence-corrected chi connectivity index (χ4v) is 3.82. The molecule has 0 amide bonds. The van der Waals surface area contributed by atoms with E-state index < -0.39 is 0 Å². The van der Waals surface area contributed by atoms with Crippen LogP contribution in [0.3, 0.4) is 0 Å². The molecule has 3 heteroatoms. The van der Waals surface area contributed by atoms with Crippen LogP contribution >= 0.6 is 0 Å². The van der Waals surface area contributed by atoms with Gasteiger partial charge in [-0.25, -0.2) is 0 Å². The molecule has 4 unspecified atom stereocenters. The highest BCUT2D eigenvalue weighted by atomic mass is 16.3. The second-order valence-electron chi connectivity index (χ2n) is 6.81. The maximum Gasteiger partial charge on any atom is 0.0587 e. The average molecular weight is 268 g/mol. The zero-order valence-corrected chi connectivity index (χ0v) is 12.7. The van der Waals surface area contributed by atoms with Gasteiger partial charge >= 0.3 is 0 Å². The van der Waals surface area contributed by atoms with Crippen LogP contribution in [0.25, 0.3) is 0 Å². The third-order valence-corrected chi connectivity index (χ3v) is 5.11. The number of nitrogens with one attached hydrogen (secondary N) is 2. The standard InChI is InChI=1S/C16H32N2O/c1-12(2)16(11-19)18-15-9-4-3-7-13(15)14-8-5-6-10-17-14/h12-19H,3-11H2,1-2H3. The van der Waals surface area contributed by atoms with E-state index >= 15 is 0 Å². The van der Waals surface area contributed by atoms with Crippen molar-refractivity contribution in [2.45, 2.75) is 76.9 Å². The van der Waals surface area contributed by atoms with Gasteiger partial charge in [-0.05, 0) is 44.1 Å². The van der Waals surface area contributed by atoms with Crippen LogP contribution in [0.5, 0.6) is 0 Å². The van der Waals surface area contributed by atoms with E-state index in [9.17, 15) is 5.11 Å². The van der Waals surface area contributed by atoms with Crippen LogP contribution in [-0.4, -0.2) is 36.4 Å². The monoisotopic (exact) mass is 268 g/mol. The van der Waals surface area contributed by atoms with Crippen molar-refractivity contribution in [2.24, 2.45) is 11.8 Å². The number of hydrogen-bond donors (Lipinski definition) is 3. The number of aliphatic hydroxyl groups excluding tert-OH is 1. The lowest BCUT2D eigenvalue weighted by Gasteiger charge is -2.41. The van der Waals surface area contributed by atoms with Crippen molar-refractivity contribution >= 4 is 0 Å². The highest BCUT2D eigenvalue weighted by Crippen LogP contribution is 2.31. The number of hydrogen-bond acceptors (Lipinski definition) is 3. The highest BCUT2D eigenvalue weighted by Gasteiger charge is 2.33. The molecule has 2 rings (SSSR count). The van der Waals surface area contributed by atoms with Gasteiger partial charge in [-0.3, -0.25) is 0 Å². The van der Waals surface area contributed by atoms with Gasteiger partial charge in [0.1, 0.15) is 0 Å². The van der Waals surface area contributed by atoms with Crippen molar-refractivity contribution in [3.8, 4) is 0 Å². The summed E-state index contributed by atoms with van der Waals surface area (Å²) in [6, 6.07) is 1.57. The van der Waals surface area contributed by atoms with Gasteiger partial charge in [0.25, 0.3) is 0 Å². The summed E-state index contributed by atoms with van der Waals surface area (Å²) in [4.78, 5) is 0. The minimum Gasteiger partial charge on any atom is -0.395 e. The van der Waals surface area contributed by atoms with Crippen molar-refractivity contribution in [2.75, 3.05) is 13.2 Å². The molecule has 1 heterocycles. The maximum absolute atomic E-state index is 9.55. The van der Waals surface area contributed by atoms with Gasteiger partial charge in [-0.1, -0.05) is 33.1 Å². The predicted molar refractivity (Wildman–Crippen MR) is 80.2 cm³/mol. The first-order valence-electron chi connectivity index (χ1n) is 8.32. The molecule has 4 atom stereocenters. The molecule has 3 nitrogen and oxygen atoms in total. The molecule has 1 saturated carbocycles. The van der Waals surface area contributed by atoms with E-state index in [1.165, 1.54) is 51.5 Å². The first-order valence-corrected chi connectivity index (χ1v) is 8.32. The smallest absolute Gasteiger partial charge is 0.0587 e. The first-order chi connectivity index (χ1) is 9.22. The van der Waals surface area contributed by atoms with Gasteiger partial charge in [0.2, 0.25) is 0 Å². The summed E-state index contributed by atoms with van der Waals surface area (Å²) in [7, 11) is 0. The Labute approximate surface area is 118 Å². The van der Waals surface area contributed by atoms with Crippen LogP contribution in [0.2, 0.25) is 0 Å². The molecule has 1 aliphatic carbocycles. The molecule has 0 bridgehead atoms. The van der Waals surface area contributed by atoms with Crippen molar-refractivity contribution < 1.29 is 5.11 Å². The SMILES string of the molecule is CC(C)C(CO)NC1CCCCC1C1CCCCN1. The number of aliphatic hydroxyl groups is 1. The van der Waals surface area contributed by atoms with Crippen LogP contribution in [0.15, 0.2) is 0 Å². The second kappa shape index (κ2) is 7.61. The van der Waals surface area contributed by atoms with E-state index in [0.717, 1.165) is 5.92 Å². The summed E-state index contributed by atoms with van der Waals surface area (Å²) in [5.74, 6) is 1.27. The molecule has 19 heavy (non-hydrogen) atoms. The Morgan fingerprint density at radius 1 is 1.11 bits per heavy atom. The Morgan fingerprint density at radius 2 is 1.84 bits per heavy atom. The van der Waals surface area contributed by atoms with E-state index in [0.29, 0.717) is 18.0 Å². The summed E-state index contributed by atoms with van der Waals surface area (Å²) >= 11 is 0. The third-order valence-electron chi connectivity index (χ3n) is 5.11. The minimum absolute atomic E-state index is 0.259. The molecular weight excluding hydrogens is 236 g/mol. The van der Waals surface area contributed by atoms with Crippen molar-refractivity contribution in [1.29, 1.82) is 0 Å². The average Bonchev–Trinajstić information content (AvgIpc) is 2.45. The molecule has 2 fully saturated rings. The largest absolute Gasteiger partial charge is 0.395 e. The van der Waals surface area contributed by atoms with Crippen molar-refractivity contribution in [3.05, 3.63) is 0 Å². The summed E-state index contributed by atoms with van der Waals surface area (Å²) in [6.45, 7) is 5.86. The molecule has 0 spiro atoms. The Hall–Kier alpha value is -0.120. The molecule has 1 aliphatic heterocycles. The second-order valence-corrected chi connectivity index (χ2v) is 6.81. The number of rotatable bonds is 5. The van der Waals surface area contributed by atoms with E-state index in [2.05, 4.69) is 24.5 Å². The lowest BCUT2D eigenvalue weighted by atomic mass is 9.77. The molecule has 112 valence electrons. The van der Waals surface area contributed by atoms with Gasteiger partial charge < -0.3 is 15.7 Å². The fraction of sp³-hybridized carbons (Fsp3) is 1.00. The van der Waals surface area contributed by atoms with Gasteiger partial charge in [-0.15, -0.1) is 0 Å². The molecule has 0 aromatic heterocycles. The Bertz CT molecular complexity index is 251. The summed E-state index contributed by atoms with van der Waals surface area (Å²) in [6.07, 6.45) is 9.43. The lowest BCUT2D eigenvalue weighted by Crippen LogP contribution is -2.54. The third kappa shape index (κ3) is 4.17. The van der Waals surface area contributed by atoms with Crippen LogP contribution in [0, 0.1) is 11.8 Å². The molecule has 0 aromatic rings. The van der Waals surface area contributed by atoms with Crippen LogP contribution in [0.4, 0.5) is 0 Å². The molecule has 1 saturated heterocycles. The van der Waals surface area contributed by atoms with Gasteiger partial charge in [0.05, 0.1) is 6.61 Å². The van der Waals surface area contributed by atoms with E-state index in [-0.39, 0.29) is 12.6 Å². The van der Waals surface area contributed by atoms with E-state index in [4.69, 9.17) is 0 Å². The molecule has 3 N–H and O–H groups in total. The Kier molecular flexibility index (Phi) is 6.11. The summed E-state index contributed by atoms with van der Waals surface area (Å²) < 4.78 is 0. The van der Waals surface area contributed by atoms with Crippen molar-refractivity contribution in [1.82, 2.24) is 10.6 Å². The van der Waals surface area contributed by atoms with Gasteiger partial charge in [0, 0.05) is 18.1 Å². The minimum atomic E-state index is 0.259. The molecule has 0 aromatic carbocycles. The predicted octanol–water partition coefficient (Wildman–Crippen LogP) is 2.29. The van der Waals surface area contributed by atoms with Crippen molar-refractivity contribution in [3.63, 3.8) is 0 Å². The fourth-order valence-electron chi connectivity index (χ4n) is 3.82. The van der Waals surface area contributed by atoms with Gasteiger partial charge in [0.15, 0.2) is 0 Å². The first kappa shape index (κ1) is 15.3. The quantitative estimate of drug-likeness (QED) is 0.717. The molecule has 0 radical (unpaired) electrons. The van der Waals surface area contributed by atoms with Crippen LogP contribution in [0.1, 0.15) is 58.8 Å². The lowest BCUT2D eigenvalue weighted by molar-refractivity contribution is 0.136. The van der Waals surface area contributed by atoms with Gasteiger partial charge in [-0.2, -0.15) is 0 Å². The zero-order valence-electron chi connectivity index (χ0n) is 12.7. The van der Waals surface area contributed by atoms with Crippen LogP contribution < -0.4 is 10.6 Å². The highest BCUT2D eigenvalue weighted by molar-refractivity contribution is 4.92. The Morgan fingerprint density at radius 3 is 2.47 bits per heavy atom. The molecule has 2 aliphatic rings. The normalized spacial score (nSPS) is 34.4. The zero-order chi connectivity index (χ0) is 13.7. The van der Waals surface area contributed by atoms with E-state index in [1.807, 2.05) is 0 Å². The van der Waals surface area contributed by atoms with Crippen LogP contribution in [-0.2, 0) is 0 Å². The summed E-state index contributed by atoms with van der Waals surface area (Å²) in [5.41, 5.74) is 0. The maximum atomic E-state index is 9.55. The summed E-state index contributed by atoms with van der Waals surface area (Å²) in [5, 5.41) is 17.0. The topological polar surface area (TPSA) is 44.3 Å². The van der Waals surface area contributed by atoms with E-state index in [1.54, 1.807) is 0 Å². The molecular formula is C16H32N2O. The number of piperidine rings is 1. The Balaban J connectivity index is 1.94.